The maximum atomic E-state index is 13.3. The van der Waals surface area contributed by atoms with Crippen LogP contribution in [-0.2, 0) is 23.5 Å². The zero-order valence-electron chi connectivity index (χ0n) is 21.9. The maximum Gasteiger partial charge on any atom is 0.277 e. The summed E-state index contributed by atoms with van der Waals surface area (Å²) in [7, 11) is 0. The monoisotopic (exact) mass is 537 g/mol. The van der Waals surface area contributed by atoms with Gasteiger partial charge in [-0.25, -0.2) is 14.4 Å². The summed E-state index contributed by atoms with van der Waals surface area (Å²) in [4.78, 5) is 38.1. The Kier molecular flexibility index (Phi) is 10.4. The number of carbonyl (C=O) groups is 1. The van der Waals surface area contributed by atoms with Crippen molar-refractivity contribution in [3.63, 3.8) is 0 Å². The van der Waals surface area contributed by atoms with Crippen LogP contribution < -0.4 is 10.9 Å². The minimum atomic E-state index is -0.270. The molecule has 1 amide bonds. The molecular weight excluding hydrogens is 501 g/mol. The molecule has 202 valence electrons. The second kappa shape index (κ2) is 14.2. The van der Waals surface area contributed by atoms with E-state index in [9.17, 15) is 14.0 Å². The SMILES string of the molecule is CCCCCNC(=O)[C@H]1CC[C@H](Cn2cc(Cc3cncnc3)c(=O)nc2SCc2ccc(F)cc2)CC1. The molecule has 1 fully saturated rings. The van der Waals surface area contributed by atoms with E-state index in [1.165, 1.54) is 30.2 Å². The van der Waals surface area contributed by atoms with E-state index in [0.717, 1.165) is 69.2 Å². The Bertz CT molecular complexity index is 1230. The third-order valence-corrected chi connectivity index (χ3v) is 8.13. The standard InChI is InChI=1S/C29H36FN5O2S/c1-2-3-4-13-33-27(36)24-9-5-21(6-10-24)17-35-18-25(14-23-15-31-20-32-16-23)28(37)34-29(35)38-19-22-7-11-26(30)12-8-22/h7-8,11-12,15-16,18,20-21,24H,2-6,9-10,13-14,17,19H2,1H3,(H,33,36)/t21-,24-. The predicted molar refractivity (Wildman–Crippen MR) is 147 cm³/mol. The first kappa shape index (κ1) is 28.0. The van der Waals surface area contributed by atoms with E-state index < -0.39 is 0 Å². The first-order valence-corrected chi connectivity index (χ1v) is 14.5. The van der Waals surface area contributed by atoms with Gasteiger partial charge in [-0.15, -0.1) is 0 Å². The Morgan fingerprint density at radius 1 is 1.08 bits per heavy atom. The van der Waals surface area contributed by atoms with Gasteiger partial charge in [0.15, 0.2) is 5.16 Å². The van der Waals surface area contributed by atoms with Gasteiger partial charge in [-0.05, 0) is 61.3 Å². The molecule has 0 aliphatic heterocycles. The number of benzene rings is 1. The van der Waals surface area contributed by atoms with Crippen LogP contribution in [0.3, 0.4) is 0 Å². The molecule has 1 saturated carbocycles. The van der Waals surface area contributed by atoms with E-state index in [0.29, 0.717) is 28.8 Å². The van der Waals surface area contributed by atoms with E-state index in [1.807, 2.05) is 6.20 Å². The summed E-state index contributed by atoms with van der Waals surface area (Å²) in [5, 5.41) is 3.76. The number of carbonyl (C=O) groups excluding carboxylic acids is 1. The summed E-state index contributed by atoms with van der Waals surface area (Å²) >= 11 is 1.48. The van der Waals surface area contributed by atoms with Crippen LogP contribution in [0.15, 0.2) is 59.1 Å². The third-order valence-electron chi connectivity index (χ3n) is 7.07. The van der Waals surface area contributed by atoms with Gasteiger partial charge >= 0.3 is 0 Å². The smallest absolute Gasteiger partial charge is 0.277 e. The molecule has 4 rings (SSSR count). The molecule has 0 radical (unpaired) electrons. The molecular formula is C29H36FN5O2S. The van der Waals surface area contributed by atoms with Gasteiger partial charge in [0.1, 0.15) is 12.1 Å². The van der Waals surface area contributed by atoms with E-state index in [1.54, 1.807) is 24.5 Å². The Morgan fingerprint density at radius 3 is 2.53 bits per heavy atom. The lowest BCUT2D eigenvalue weighted by molar-refractivity contribution is -0.126. The molecule has 7 nitrogen and oxygen atoms in total. The second-order valence-electron chi connectivity index (χ2n) is 10.1. The third kappa shape index (κ3) is 8.21. The Labute approximate surface area is 227 Å². The van der Waals surface area contributed by atoms with Gasteiger partial charge in [-0.1, -0.05) is 43.7 Å². The molecule has 38 heavy (non-hydrogen) atoms. The fourth-order valence-electron chi connectivity index (χ4n) is 4.87. The summed E-state index contributed by atoms with van der Waals surface area (Å²) in [6.07, 6.45) is 14.2. The highest BCUT2D eigenvalue weighted by Crippen LogP contribution is 2.31. The molecule has 1 aromatic carbocycles. The molecule has 0 unspecified atom stereocenters. The summed E-state index contributed by atoms with van der Waals surface area (Å²) < 4.78 is 15.4. The number of thioether (sulfide) groups is 1. The van der Waals surface area contributed by atoms with E-state index in [-0.39, 0.29) is 23.2 Å². The van der Waals surface area contributed by atoms with Crippen molar-refractivity contribution in [3.8, 4) is 0 Å². The minimum absolute atomic E-state index is 0.0842. The number of hydrogen-bond donors (Lipinski definition) is 1. The molecule has 0 atom stereocenters. The number of hydrogen-bond acceptors (Lipinski definition) is 6. The van der Waals surface area contributed by atoms with Crippen LogP contribution in [0, 0.1) is 17.7 Å². The zero-order chi connectivity index (χ0) is 26.7. The number of unbranched alkanes of at least 4 members (excludes halogenated alkanes) is 2. The van der Waals surface area contributed by atoms with Crippen molar-refractivity contribution in [3.05, 3.63) is 82.0 Å². The molecule has 9 heteroatoms. The number of nitrogens with one attached hydrogen (secondary N) is 1. The van der Waals surface area contributed by atoms with Gasteiger partial charge in [-0.3, -0.25) is 9.59 Å². The number of amides is 1. The normalized spacial score (nSPS) is 17.3. The van der Waals surface area contributed by atoms with Gasteiger partial charge in [0.2, 0.25) is 5.91 Å². The molecule has 2 aromatic heterocycles. The van der Waals surface area contributed by atoms with Crippen LogP contribution in [0.1, 0.15) is 68.6 Å². The van der Waals surface area contributed by atoms with Crippen molar-refractivity contribution in [2.45, 2.75) is 75.7 Å². The first-order chi connectivity index (χ1) is 18.5. The largest absolute Gasteiger partial charge is 0.356 e. The molecule has 0 spiro atoms. The molecule has 1 aliphatic carbocycles. The van der Waals surface area contributed by atoms with Crippen LogP contribution in [0.2, 0.25) is 0 Å². The lowest BCUT2D eigenvalue weighted by Crippen LogP contribution is -2.34. The average molecular weight is 538 g/mol. The van der Waals surface area contributed by atoms with Gasteiger partial charge in [0.25, 0.3) is 5.56 Å². The summed E-state index contributed by atoms with van der Waals surface area (Å²) in [6, 6.07) is 6.39. The first-order valence-electron chi connectivity index (χ1n) is 13.5. The fraction of sp³-hybridized carbons (Fsp3) is 0.483. The van der Waals surface area contributed by atoms with Crippen molar-refractivity contribution in [2.75, 3.05) is 6.54 Å². The molecule has 1 N–H and O–H groups in total. The molecule has 1 aliphatic rings. The van der Waals surface area contributed by atoms with Crippen LogP contribution in [0.25, 0.3) is 0 Å². The average Bonchev–Trinajstić information content (AvgIpc) is 2.94. The lowest BCUT2D eigenvalue weighted by atomic mass is 9.81. The highest BCUT2D eigenvalue weighted by molar-refractivity contribution is 7.98. The van der Waals surface area contributed by atoms with Gasteiger partial charge in [0.05, 0.1) is 0 Å². The lowest BCUT2D eigenvalue weighted by Gasteiger charge is -2.29. The second-order valence-corrected chi connectivity index (χ2v) is 11.0. The number of halogens is 1. The van der Waals surface area contributed by atoms with Crippen LogP contribution in [0.5, 0.6) is 0 Å². The van der Waals surface area contributed by atoms with Crippen molar-refractivity contribution in [1.29, 1.82) is 0 Å². The maximum absolute atomic E-state index is 13.3. The van der Waals surface area contributed by atoms with Crippen LogP contribution in [-0.4, -0.2) is 32.0 Å². The quantitative estimate of drug-likeness (QED) is 0.195. The summed E-state index contributed by atoms with van der Waals surface area (Å²) in [5.74, 6) is 0.993. The molecule has 3 aromatic rings. The number of aromatic nitrogens is 4. The Balaban J connectivity index is 1.44. The minimum Gasteiger partial charge on any atom is -0.356 e. The fourth-order valence-corrected chi connectivity index (χ4v) is 5.80. The van der Waals surface area contributed by atoms with E-state index in [2.05, 4.69) is 31.8 Å². The zero-order valence-corrected chi connectivity index (χ0v) is 22.8. The van der Waals surface area contributed by atoms with Crippen LogP contribution >= 0.6 is 11.8 Å². The van der Waals surface area contributed by atoms with E-state index in [4.69, 9.17) is 0 Å². The van der Waals surface area contributed by atoms with Gasteiger partial charge < -0.3 is 9.88 Å². The van der Waals surface area contributed by atoms with Gasteiger partial charge in [0, 0.05) is 55.3 Å². The summed E-state index contributed by atoms with van der Waals surface area (Å²) in [5.41, 5.74) is 2.17. The Morgan fingerprint density at radius 2 is 1.82 bits per heavy atom. The molecule has 2 heterocycles. The van der Waals surface area contributed by atoms with Crippen LogP contribution in [0.4, 0.5) is 4.39 Å². The number of nitrogens with zero attached hydrogens (tertiary/aromatic N) is 4. The summed E-state index contributed by atoms with van der Waals surface area (Å²) in [6.45, 7) is 3.66. The van der Waals surface area contributed by atoms with E-state index >= 15 is 0 Å². The van der Waals surface area contributed by atoms with Crippen molar-refractivity contribution in [2.24, 2.45) is 11.8 Å². The highest BCUT2D eigenvalue weighted by Gasteiger charge is 2.27. The van der Waals surface area contributed by atoms with Crippen molar-refractivity contribution >= 4 is 17.7 Å². The van der Waals surface area contributed by atoms with Crippen molar-refractivity contribution < 1.29 is 9.18 Å². The van der Waals surface area contributed by atoms with Gasteiger partial charge in [-0.2, -0.15) is 4.98 Å². The van der Waals surface area contributed by atoms with Crippen molar-refractivity contribution in [1.82, 2.24) is 24.8 Å². The number of rotatable bonds is 12. The Hall–Kier alpha value is -3.07. The molecule has 0 bridgehead atoms. The highest BCUT2D eigenvalue weighted by atomic mass is 32.2. The molecule has 0 saturated heterocycles. The topological polar surface area (TPSA) is 89.8 Å². The predicted octanol–water partition coefficient (Wildman–Crippen LogP) is 5.17.